The molecule has 4 heteroatoms. The van der Waals surface area contributed by atoms with Crippen molar-refractivity contribution in [2.75, 3.05) is 12.4 Å². The molecule has 0 unspecified atom stereocenters. The molecule has 1 aromatic heterocycles. The third-order valence-electron chi connectivity index (χ3n) is 4.04. The number of benzene rings is 2. The standard InChI is InChI=1S/C21H20N2O2/c1-15-7-3-4-8-17(15)14-25-18-10-5-9-16(13-18)20(24)19-11-6-12-23-21(19)22-2/h3-13H,14H2,1-2H3,(H,22,23). The predicted octanol–water partition coefficient (Wildman–Crippen LogP) is 4.24. The molecule has 0 saturated carbocycles. The van der Waals surface area contributed by atoms with E-state index in [0.29, 0.717) is 29.3 Å². The average Bonchev–Trinajstić information content (AvgIpc) is 2.67. The van der Waals surface area contributed by atoms with Crippen molar-refractivity contribution in [3.63, 3.8) is 0 Å². The van der Waals surface area contributed by atoms with Gasteiger partial charge in [-0.15, -0.1) is 0 Å². The van der Waals surface area contributed by atoms with Gasteiger partial charge in [-0.05, 0) is 42.3 Å². The Hall–Kier alpha value is -3.14. The fraction of sp³-hybridized carbons (Fsp3) is 0.143. The number of nitrogens with zero attached hydrogens (tertiary/aromatic N) is 1. The molecule has 2 aromatic carbocycles. The molecule has 0 amide bonds. The number of aryl methyl sites for hydroxylation is 1. The van der Waals surface area contributed by atoms with Gasteiger partial charge in [0.25, 0.3) is 0 Å². The maximum Gasteiger partial charge on any atom is 0.196 e. The summed E-state index contributed by atoms with van der Waals surface area (Å²) < 4.78 is 5.87. The minimum Gasteiger partial charge on any atom is -0.489 e. The minimum atomic E-state index is -0.0845. The van der Waals surface area contributed by atoms with Crippen LogP contribution in [0.3, 0.4) is 0 Å². The summed E-state index contributed by atoms with van der Waals surface area (Å²) in [6.45, 7) is 2.53. The van der Waals surface area contributed by atoms with Crippen LogP contribution >= 0.6 is 0 Å². The highest BCUT2D eigenvalue weighted by atomic mass is 16.5. The van der Waals surface area contributed by atoms with Crippen molar-refractivity contribution in [1.29, 1.82) is 0 Å². The van der Waals surface area contributed by atoms with Crippen LogP contribution in [0.1, 0.15) is 27.0 Å². The molecule has 1 N–H and O–H groups in total. The number of ether oxygens (including phenoxy) is 1. The van der Waals surface area contributed by atoms with Gasteiger partial charge >= 0.3 is 0 Å². The maximum atomic E-state index is 12.8. The summed E-state index contributed by atoms with van der Waals surface area (Å²) in [5.74, 6) is 1.15. The first kappa shape index (κ1) is 16.7. The lowest BCUT2D eigenvalue weighted by Gasteiger charge is -2.10. The first-order valence-electron chi connectivity index (χ1n) is 8.14. The molecule has 0 spiro atoms. The number of carbonyl (C=O) groups is 1. The molecule has 126 valence electrons. The number of rotatable bonds is 6. The lowest BCUT2D eigenvalue weighted by atomic mass is 10.0. The van der Waals surface area contributed by atoms with Crippen molar-refractivity contribution in [3.8, 4) is 5.75 Å². The summed E-state index contributed by atoms with van der Waals surface area (Å²) in [4.78, 5) is 17.0. The number of carbonyl (C=O) groups excluding carboxylic acids is 1. The van der Waals surface area contributed by atoms with E-state index >= 15 is 0 Å². The third-order valence-corrected chi connectivity index (χ3v) is 4.04. The zero-order valence-electron chi connectivity index (χ0n) is 14.3. The van der Waals surface area contributed by atoms with Gasteiger partial charge in [0, 0.05) is 18.8 Å². The molecule has 0 aliphatic heterocycles. The van der Waals surface area contributed by atoms with Crippen LogP contribution in [0.5, 0.6) is 5.75 Å². The summed E-state index contributed by atoms with van der Waals surface area (Å²) in [5.41, 5.74) is 3.43. The van der Waals surface area contributed by atoms with Gasteiger partial charge in [-0.2, -0.15) is 0 Å². The molecule has 0 bridgehead atoms. The molecule has 0 atom stereocenters. The van der Waals surface area contributed by atoms with Crippen molar-refractivity contribution in [3.05, 3.63) is 89.1 Å². The monoisotopic (exact) mass is 332 g/mol. The first-order chi connectivity index (χ1) is 12.2. The number of ketones is 1. The topological polar surface area (TPSA) is 51.2 Å². The van der Waals surface area contributed by atoms with E-state index in [1.165, 1.54) is 5.56 Å². The van der Waals surface area contributed by atoms with Gasteiger partial charge in [-0.3, -0.25) is 4.79 Å². The summed E-state index contributed by atoms with van der Waals surface area (Å²) in [6, 6.07) is 18.9. The number of pyridine rings is 1. The Morgan fingerprint density at radius 1 is 1.08 bits per heavy atom. The molecule has 0 radical (unpaired) electrons. The second-order valence-corrected chi connectivity index (χ2v) is 5.72. The fourth-order valence-electron chi connectivity index (χ4n) is 2.60. The molecule has 0 aliphatic rings. The molecule has 4 nitrogen and oxygen atoms in total. The van der Waals surface area contributed by atoms with Gasteiger partial charge in [-0.25, -0.2) is 4.98 Å². The summed E-state index contributed by atoms with van der Waals surface area (Å²) >= 11 is 0. The molecule has 3 rings (SSSR count). The molecular formula is C21H20N2O2. The molecular weight excluding hydrogens is 312 g/mol. The largest absolute Gasteiger partial charge is 0.489 e. The van der Waals surface area contributed by atoms with Crippen LogP contribution in [0.2, 0.25) is 0 Å². The Kier molecular flexibility index (Phi) is 5.09. The van der Waals surface area contributed by atoms with Crippen molar-refractivity contribution < 1.29 is 9.53 Å². The van der Waals surface area contributed by atoms with Crippen molar-refractivity contribution in [2.45, 2.75) is 13.5 Å². The van der Waals surface area contributed by atoms with Crippen LogP contribution in [-0.2, 0) is 6.61 Å². The second-order valence-electron chi connectivity index (χ2n) is 5.72. The lowest BCUT2D eigenvalue weighted by Crippen LogP contribution is -2.07. The van der Waals surface area contributed by atoms with E-state index < -0.39 is 0 Å². The zero-order valence-corrected chi connectivity index (χ0v) is 14.3. The number of hydrogen-bond acceptors (Lipinski definition) is 4. The quantitative estimate of drug-likeness (QED) is 0.686. The van der Waals surface area contributed by atoms with E-state index in [0.717, 1.165) is 5.56 Å². The van der Waals surface area contributed by atoms with Gasteiger partial charge in [0.05, 0.1) is 5.56 Å². The Bertz CT molecular complexity index is 890. The van der Waals surface area contributed by atoms with E-state index in [4.69, 9.17) is 4.74 Å². The number of nitrogens with one attached hydrogen (secondary N) is 1. The van der Waals surface area contributed by atoms with E-state index in [2.05, 4.69) is 23.3 Å². The number of aromatic nitrogens is 1. The molecule has 0 fully saturated rings. The maximum absolute atomic E-state index is 12.8. The Balaban J connectivity index is 1.79. The SMILES string of the molecule is CNc1ncccc1C(=O)c1cccc(OCc2ccccc2C)c1. The van der Waals surface area contributed by atoms with Crippen molar-refractivity contribution in [1.82, 2.24) is 4.98 Å². The lowest BCUT2D eigenvalue weighted by molar-refractivity contribution is 0.103. The molecule has 3 aromatic rings. The van der Waals surface area contributed by atoms with E-state index in [1.54, 1.807) is 37.5 Å². The molecule has 25 heavy (non-hydrogen) atoms. The van der Waals surface area contributed by atoms with Crippen molar-refractivity contribution in [2.24, 2.45) is 0 Å². The number of hydrogen-bond donors (Lipinski definition) is 1. The smallest absolute Gasteiger partial charge is 0.196 e. The van der Waals surface area contributed by atoms with Crippen LogP contribution in [0.25, 0.3) is 0 Å². The van der Waals surface area contributed by atoms with Gasteiger partial charge in [0.15, 0.2) is 5.78 Å². The van der Waals surface area contributed by atoms with Gasteiger partial charge in [0.2, 0.25) is 0 Å². The summed E-state index contributed by atoms with van der Waals surface area (Å²) in [7, 11) is 1.75. The molecule has 0 saturated heterocycles. The fourth-order valence-corrected chi connectivity index (χ4v) is 2.60. The Morgan fingerprint density at radius 3 is 2.72 bits per heavy atom. The number of anilines is 1. The summed E-state index contributed by atoms with van der Waals surface area (Å²) in [6.07, 6.45) is 1.66. The van der Waals surface area contributed by atoms with Crippen LogP contribution in [0, 0.1) is 6.92 Å². The third kappa shape index (κ3) is 3.86. The highest BCUT2D eigenvalue weighted by Gasteiger charge is 2.14. The van der Waals surface area contributed by atoms with E-state index in [1.807, 2.05) is 30.3 Å². The average molecular weight is 332 g/mol. The van der Waals surface area contributed by atoms with E-state index in [9.17, 15) is 4.79 Å². The van der Waals surface area contributed by atoms with Crippen LogP contribution < -0.4 is 10.1 Å². The molecule has 1 heterocycles. The van der Waals surface area contributed by atoms with Crippen LogP contribution in [-0.4, -0.2) is 17.8 Å². The molecule has 0 aliphatic carbocycles. The van der Waals surface area contributed by atoms with Crippen LogP contribution in [0.15, 0.2) is 66.9 Å². The second kappa shape index (κ2) is 7.62. The van der Waals surface area contributed by atoms with Gasteiger partial charge in [-0.1, -0.05) is 36.4 Å². The Labute approximate surface area is 147 Å². The normalized spacial score (nSPS) is 10.3. The highest BCUT2D eigenvalue weighted by molar-refractivity contribution is 6.11. The van der Waals surface area contributed by atoms with Gasteiger partial charge < -0.3 is 10.1 Å². The van der Waals surface area contributed by atoms with E-state index in [-0.39, 0.29) is 5.78 Å². The first-order valence-corrected chi connectivity index (χ1v) is 8.14. The van der Waals surface area contributed by atoms with Crippen molar-refractivity contribution >= 4 is 11.6 Å². The zero-order chi connectivity index (χ0) is 17.6. The highest BCUT2D eigenvalue weighted by Crippen LogP contribution is 2.21. The minimum absolute atomic E-state index is 0.0845. The Morgan fingerprint density at radius 2 is 1.92 bits per heavy atom. The van der Waals surface area contributed by atoms with Gasteiger partial charge in [0.1, 0.15) is 18.2 Å². The van der Waals surface area contributed by atoms with Crippen LogP contribution in [0.4, 0.5) is 5.82 Å². The summed E-state index contributed by atoms with van der Waals surface area (Å²) in [5, 5.41) is 2.95. The predicted molar refractivity (Wildman–Crippen MR) is 99.2 cm³/mol.